The van der Waals surface area contributed by atoms with E-state index in [4.69, 9.17) is 32.7 Å². The van der Waals surface area contributed by atoms with E-state index in [1.807, 2.05) is 0 Å². The van der Waals surface area contributed by atoms with Gasteiger partial charge in [0.25, 0.3) is 11.7 Å². The number of hydrogen-bond donors (Lipinski definition) is 1. The predicted molar refractivity (Wildman–Crippen MR) is 103 cm³/mol. The van der Waals surface area contributed by atoms with Crippen LogP contribution in [0.4, 0.5) is 0 Å². The van der Waals surface area contributed by atoms with Gasteiger partial charge in [-0.15, -0.1) is 0 Å². The molecule has 0 fully saturated rings. The molecule has 144 valence electrons. The molecule has 0 aliphatic carbocycles. The second-order valence-corrected chi connectivity index (χ2v) is 6.98. The number of esters is 1. The Hall–Kier alpha value is -2.83. The molecule has 1 amide bonds. The number of halogens is 2. The number of hydrogen-bond acceptors (Lipinski definition) is 5. The van der Waals surface area contributed by atoms with E-state index in [1.54, 1.807) is 36.4 Å². The summed E-state index contributed by atoms with van der Waals surface area (Å²) >= 11 is 12.0. The quantitative estimate of drug-likeness (QED) is 0.758. The van der Waals surface area contributed by atoms with Gasteiger partial charge < -0.3 is 9.47 Å². The van der Waals surface area contributed by atoms with Gasteiger partial charge in [-0.3, -0.25) is 19.7 Å². The summed E-state index contributed by atoms with van der Waals surface area (Å²) < 4.78 is 10.8. The number of carbonyl (C=O) groups excluding carboxylic acids is 3. The van der Waals surface area contributed by atoms with Crippen LogP contribution in [-0.4, -0.2) is 17.7 Å². The predicted octanol–water partition coefficient (Wildman–Crippen LogP) is 3.97. The van der Waals surface area contributed by atoms with Crippen molar-refractivity contribution in [3.05, 3.63) is 81.3 Å². The molecule has 1 aliphatic heterocycles. The Kier molecular flexibility index (Phi) is 5.45. The Morgan fingerprint density at radius 1 is 1.07 bits per heavy atom. The number of nitrogens with one attached hydrogen (secondary N) is 1. The molecule has 28 heavy (non-hydrogen) atoms. The normalized spacial score (nSPS) is 18.6. The minimum Gasteiger partial charge on any atom is -0.456 e. The monoisotopic (exact) mass is 419 g/mol. The van der Waals surface area contributed by atoms with Crippen LogP contribution in [-0.2, 0) is 24.7 Å². The molecule has 0 saturated carbocycles. The summed E-state index contributed by atoms with van der Waals surface area (Å²) in [6, 6.07) is 12.9. The maximum Gasteiger partial charge on any atom is 0.308 e. The molecule has 0 aromatic heterocycles. The van der Waals surface area contributed by atoms with E-state index < -0.39 is 23.3 Å². The van der Waals surface area contributed by atoms with E-state index >= 15 is 0 Å². The molecule has 0 bridgehead atoms. The van der Waals surface area contributed by atoms with Crippen molar-refractivity contribution in [3.63, 3.8) is 0 Å². The van der Waals surface area contributed by atoms with Gasteiger partial charge >= 0.3 is 5.97 Å². The standard InChI is InChI=1S/C20H15Cl2NO5/c1-11(24)27-16-17(25)20(2,13-8-9-14(21)15(22)10-13)28-19(16)23-18(26)12-6-4-3-5-7-12/h3-10H,1-2H3,(H,23,26). The summed E-state index contributed by atoms with van der Waals surface area (Å²) in [5.41, 5.74) is -0.824. The SMILES string of the molecule is CC(=O)OC1=C(NC(=O)c2ccccc2)OC(C)(c2ccc(Cl)c(Cl)c2)C1=O. The first-order valence-electron chi connectivity index (χ1n) is 8.21. The zero-order valence-electron chi connectivity index (χ0n) is 14.9. The maximum absolute atomic E-state index is 13.0. The molecule has 8 heteroatoms. The van der Waals surface area contributed by atoms with E-state index in [-0.39, 0.29) is 16.7 Å². The third-order valence-electron chi connectivity index (χ3n) is 4.13. The second kappa shape index (κ2) is 7.66. The number of carbonyl (C=O) groups is 3. The van der Waals surface area contributed by atoms with Crippen LogP contribution in [0.1, 0.15) is 29.8 Å². The molecule has 6 nitrogen and oxygen atoms in total. The Morgan fingerprint density at radius 2 is 1.75 bits per heavy atom. The largest absolute Gasteiger partial charge is 0.456 e. The molecular formula is C20H15Cl2NO5. The highest BCUT2D eigenvalue weighted by atomic mass is 35.5. The lowest BCUT2D eigenvalue weighted by Crippen LogP contribution is -2.32. The average molecular weight is 420 g/mol. The fraction of sp³-hybridized carbons (Fsp3) is 0.150. The van der Waals surface area contributed by atoms with Gasteiger partial charge in [0.2, 0.25) is 11.6 Å². The van der Waals surface area contributed by atoms with Crippen molar-refractivity contribution < 1.29 is 23.9 Å². The van der Waals surface area contributed by atoms with Crippen LogP contribution in [0.5, 0.6) is 0 Å². The van der Waals surface area contributed by atoms with E-state index in [9.17, 15) is 14.4 Å². The fourth-order valence-electron chi connectivity index (χ4n) is 2.68. The molecule has 0 saturated heterocycles. The minimum absolute atomic E-state index is 0.229. The number of ether oxygens (including phenoxy) is 2. The van der Waals surface area contributed by atoms with Crippen molar-refractivity contribution in [2.24, 2.45) is 0 Å². The summed E-state index contributed by atoms with van der Waals surface area (Å²) in [6.45, 7) is 2.63. The fourth-order valence-corrected chi connectivity index (χ4v) is 2.98. The first-order chi connectivity index (χ1) is 13.2. The average Bonchev–Trinajstić information content (AvgIpc) is 2.89. The van der Waals surface area contributed by atoms with Gasteiger partial charge in [-0.2, -0.15) is 0 Å². The summed E-state index contributed by atoms with van der Waals surface area (Å²) in [5.74, 6) is -2.51. The van der Waals surface area contributed by atoms with Crippen LogP contribution in [0, 0.1) is 0 Å². The summed E-state index contributed by atoms with van der Waals surface area (Å²) in [6.07, 6.45) is 0. The molecule has 1 aliphatic rings. The van der Waals surface area contributed by atoms with Gasteiger partial charge in [-0.25, -0.2) is 0 Å². The Balaban J connectivity index is 1.97. The molecule has 1 atom stereocenters. The molecule has 1 N–H and O–H groups in total. The van der Waals surface area contributed by atoms with E-state index in [1.165, 1.54) is 19.1 Å². The number of rotatable bonds is 4. The van der Waals surface area contributed by atoms with Gasteiger partial charge in [-0.1, -0.05) is 47.5 Å². The van der Waals surface area contributed by atoms with Crippen molar-refractivity contribution >= 4 is 40.9 Å². The third kappa shape index (κ3) is 3.74. The summed E-state index contributed by atoms with van der Waals surface area (Å²) in [7, 11) is 0. The molecule has 0 spiro atoms. The van der Waals surface area contributed by atoms with Gasteiger partial charge in [0, 0.05) is 18.1 Å². The Labute approximate surface area is 171 Å². The molecule has 2 aromatic rings. The van der Waals surface area contributed by atoms with Crippen LogP contribution >= 0.6 is 23.2 Å². The number of benzene rings is 2. The summed E-state index contributed by atoms with van der Waals surface area (Å²) in [4.78, 5) is 36.9. The number of amides is 1. The van der Waals surface area contributed by atoms with E-state index in [2.05, 4.69) is 5.32 Å². The lowest BCUT2D eigenvalue weighted by Gasteiger charge is -2.24. The first kappa shape index (κ1) is 19.9. The van der Waals surface area contributed by atoms with Gasteiger partial charge in [0.05, 0.1) is 10.0 Å². The minimum atomic E-state index is -1.56. The van der Waals surface area contributed by atoms with Crippen LogP contribution < -0.4 is 5.32 Å². The van der Waals surface area contributed by atoms with Crippen LogP contribution in [0.2, 0.25) is 10.0 Å². The lowest BCUT2D eigenvalue weighted by molar-refractivity contribution is -0.142. The van der Waals surface area contributed by atoms with Gasteiger partial charge in [-0.05, 0) is 31.2 Å². The topological polar surface area (TPSA) is 81.7 Å². The lowest BCUT2D eigenvalue weighted by atomic mass is 9.91. The van der Waals surface area contributed by atoms with Gasteiger partial charge in [0.1, 0.15) is 0 Å². The van der Waals surface area contributed by atoms with Crippen LogP contribution in [0.25, 0.3) is 0 Å². The van der Waals surface area contributed by atoms with Gasteiger partial charge in [0.15, 0.2) is 5.60 Å². The smallest absolute Gasteiger partial charge is 0.308 e. The summed E-state index contributed by atoms with van der Waals surface area (Å²) in [5, 5.41) is 3.03. The zero-order chi connectivity index (χ0) is 20.5. The van der Waals surface area contributed by atoms with Crippen molar-refractivity contribution in [3.8, 4) is 0 Å². The molecule has 2 aromatic carbocycles. The molecule has 0 radical (unpaired) electrons. The molecule has 1 heterocycles. The number of ketones is 1. The second-order valence-electron chi connectivity index (χ2n) is 6.17. The molecule has 3 rings (SSSR count). The Morgan fingerprint density at radius 3 is 2.36 bits per heavy atom. The molecular weight excluding hydrogens is 405 g/mol. The Bertz CT molecular complexity index is 1000. The van der Waals surface area contributed by atoms with Crippen LogP contribution in [0.15, 0.2) is 60.2 Å². The van der Waals surface area contributed by atoms with E-state index in [0.29, 0.717) is 16.1 Å². The van der Waals surface area contributed by atoms with Crippen LogP contribution in [0.3, 0.4) is 0 Å². The first-order valence-corrected chi connectivity index (χ1v) is 8.96. The maximum atomic E-state index is 13.0. The number of Topliss-reactive ketones (excluding diaryl/α,β-unsaturated/α-hetero) is 1. The van der Waals surface area contributed by atoms with Crippen molar-refractivity contribution in [1.29, 1.82) is 0 Å². The van der Waals surface area contributed by atoms with Crippen molar-refractivity contribution in [1.82, 2.24) is 5.32 Å². The molecule has 1 unspecified atom stereocenters. The highest BCUT2D eigenvalue weighted by Crippen LogP contribution is 2.40. The van der Waals surface area contributed by atoms with E-state index in [0.717, 1.165) is 6.92 Å². The highest BCUT2D eigenvalue weighted by molar-refractivity contribution is 6.42. The van der Waals surface area contributed by atoms with Crippen molar-refractivity contribution in [2.75, 3.05) is 0 Å². The highest BCUT2D eigenvalue weighted by Gasteiger charge is 2.50. The van der Waals surface area contributed by atoms with Crippen molar-refractivity contribution in [2.45, 2.75) is 19.4 Å². The third-order valence-corrected chi connectivity index (χ3v) is 4.87. The zero-order valence-corrected chi connectivity index (χ0v) is 16.4.